The molecule has 0 bridgehead atoms. The van der Waals surface area contributed by atoms with Crippen LogP contribution in [0.25, 0.3) is 0 Å². The van der Waals surface area contributed by atoms with Gasteiger partial charge in [0.15, 0.2) is 0 Å². The number of ether oxygens (including phenoxy) is 4. The molecule has 4 fully saturated rings. The van der Waals surface area contributed by atoms with Crippen molar-refractivity contribution in [1.82, 2.24) is 25.8 Å². The van der Waals surface area contributed by atoms with Crippen LogP contribution in [0.2, 0.25) is 5.02 Å². The van der Waals surface area contributed by atoms with Gasteiger partial charge in [-0.25, -0.2) is 0 Å². The highest BCUT2D eigenvalue weighted by Crippen LogP contribution is 2.55. The number of nitriles is 1. The number of likely N-dealkylation sites (N-methyl/N-ethyl adjacent to an activating group) is 1. The average molecular weight is 983 g/mol. The van der Waals surface area contributed by atoms with Gasteiger partial charge in [0.25, 0.3) is 5.91 Å². The normalized spacial score (nSPS) is 22.7. The Morgan fingerprint density at radius 1 is 0.843 bits per heavy atom. The number of carbonyl (C=O) groups excluding carboxylic acids is 3. The van der Waals surface area contributed by atoms with Gasteiger partial charge in [-0.15, -0.1) is 0 Å². The fraction of sp³-hybridized carbons (Fsp3) is 0.600. The van der Waals surface area contributed by atoms with E-state index >= 15 is 0 Å². The van der Waals surface area contributed by atoms with Crippen molar-refractivity contribution >= 4 is 35.0 Å². The maximum absolute atomic E-state index is 14.2. The predicted molar refractivity (Wildman–Crippen MR) is 273 cm³/mol. The van der Waals surface area contributed by atoms with Crippen LogP contribution in [-0.4, -0.2) is 131 Å². The third-order valence-corrected chi connectivity index (χ3v) is 15.7. The molecule has 0 radical (unpaired) electrons. The fourth-order valence-corrected chi connectivity index (χ4v) is 11.7. The number of piperidine rings is 1. The number of hydrogen-bond acceptors (Lipinski definition) is 11. The quantitative estimate of drug-likeness (QED) is 0.0696. The Labute approximate surface area is 420 Å². The van der Waals surface area contributed by atoms with E-state index in [1.807, 2.05) is 43.3 Å². The molecule has 7 rings (SSSR count). The summed E-state index contributed by atoms with van der Waals surface area (Å²) >= 11 is 6.24. The number of hydrogen-bond donors (Lipinski definition) is 4. The largest absolute Gasteiger partial charge is 0.491 e. The molecule has 4 atom stereocenters. The number of carbonyl (C=O) groups is 3. The summed E-state index contributed by atoms with van der Waals surface area (Å²) in [5.74, 6) is 2.03. The third-order valence-electron chi connectivity index (χ3n) is 15.4. The molecular formula is C55H76ClN7O7. The van der Waals surface area contributed by atoms with Crippen molar-refractivity contribution in [2.24, 2.45) is 22.7 Å². The van der Waals surface area contributed by atoms with Crippen LogP contribution in [0.15, 0.2) is 66.7 Å². The van der Waals surface area contributed by atoms with E-state index in [1.54, 1.807) is 25.2 Å². The number of nitrogens with zero attached hydrogens (tertiary/aromatic N) is 3. The molecule has 380 valence electrons. The standard InChI is InChI=1S/C55H76ClN7O7/c1-37(58-6)49(64)60-48(40-10-8-7-9-11-40)51(66)63-28-24-39-23-27-62(36-47(39)63)26-22-38-12-19-44(20-13-38)69-33-32-68-31-30-67-29-25-59-43-17-14-41(15-18-43)50(65)61-52-54(2,3)53(55(52,4)5)70-45-21-16-42(35-57)46(56)34-45/h12-21,34,37,39-40,47-48,52-53,58-59H,7-11,22-33,36H2,1-6H3,(H,60,64)(H,61,65)/t37-,39-,47-,48?,52-,53-/m0/s1. The lowest BCUT2D eigenvalue weighted by Gasteiger charge is -2.63. The number of fused-ring (bicyclic) bond motifs is 1. The molecule has 70 heavy (non-hydrogen) atoms. The highest BCUT2D eigenvalue weighted by Gasteiger charge is 2.64. The van der Waals surface area contributed by atoms with Crippen molar-refractivity contribution in [3.63, 3.8) is 0 Å². The molecule has 2 aliphatic carbocycles. The number of likely N-dealkylation sites (tertiary alicyclic amines) is 2. The first-order valence-electron chi connectivity index (χ1n) is 25.6. The van der Waals surface area contributed by atoms with Crippen LogP contribution < -0.4 is 30.7 Å². The monoisotopic (exact) mass is 982 g/mol. The molecule has 2 saturated carbocycles. The SMILES string of the molecule is CN[C@@H](C)C(=O)NC(C(=O)N1CC[C@@H]2CCN(CCc3ccc(OCCOCCOCCNc4ccc(C(=O)N[C@H]5C(C)(C)[C@H](Oc6ccc(C#N)c(Cl)c6)C5(C)C)cc4)cc3)C[C@@H]21)C1CCCCC1. The Hall–Kier alpha value is -4.91. The minimum absolute atomic E-state index is 0.0953. The van der Waals surface area contributed by atoms with Crippen molar-refractivity contribution < 1.29 is 33.3 Å². The number of halogens is 1. The highest BCUT2D eigenvalue weighted by molar-refractivity contribution is 6.31. The maximum Gasteiger partial charge on any atom is 0.251 e. The zero-order valence-corrected chi connectivity index (χ0v) is 43.0. The molecule has 0 aromatic heterocycles. The van der Waals surface area contributed by atoms with Crippen LogP contribution in [-0.2, 0) is 25.5 Å². The van der Waals surface area contributed by atoms with Gasteiger partial charge in [0.1, 0.15) is 36.3 Å². The third kappa shape index (κ3) is 13.1. The first-order valence-corrected chi connectivity index (χ1v) is 26.0. The van der Waals surface area contributed by atoms with E-state index in [-0.39, 0.29) is 58.7 Å². The number of benzene rings is 3. The van der Waals surface area contributed by atoms with Gasteiger partial charge < -0.3 is 50.0 Å². The average Bonchev–Trinajstić information content (AvgIpc) is 3.80. The Morgan fingerprint density at radius 2 is 1.51 bits per heavy atom. The summed E-state index contributed by atoms with van der Waals surface area (Å²) in [4.78, 5) is 45.2. The van der Waals surface area contributed by atoms with Gasteiger partial charge in [-0.3, -0.25) is 14.4 Å². The Morgan fingerprint density at radius 3 is 2.20 bits per heavy atom. The van der Waals surface area contributed by atoms with Gasteiger partial charge in [-0.05, 0) is 119 Å². The van der Waals surface area contributed by atoms with Crippen LogP contribution in [0.3, 0.4) is 0 Å². The number of anilines is 1. The van der Waals surface area contributed by atoms with Gasteiger partial charge in [-0.1, -0.05) is 70.7 Å². The number of nitrogens with one attached hydrogen (secondary N) is 4. The smallest absolute Gasteiger partial charge is 0.251 e. The van der Waals surface area contributed by atoms with Gasteiger partial charge in [0, 0.05) is 66.4 Å². The van der Waals surface area contributed by atoms with E-state index in [1.165, 1.54) is 12.0 Å². The van der Waals surface area contributed by atoms with Crippen molar-refractivity contribution in [3.8, 4) is 17.6 Å². The molecule has 1 unspecified atom stereocenters. The molecule has 2 heterocycles. The molecule has 3 aromatic carbocycles. The van der Waals surface area contributed by atoms with Crippen molar-refractivity contribution in [2.75, 3.05) is 78.1 Å². The molecule has 3 aromatic rings. The second-order valence-corrected chi connectivity index (χ2v) is 21.3. The van der Waals surface area contributed by atoms with Crippen LogP contribution in [0.1, 0.15) is 101 Å². The number of rotatable bonds is 23. The summed E-state index contributed by atoms with van der Waals surface area (Å²) in [7, 11) is 1.78. The molecular weight excluding hydrogens is 906 g/mol. The molecule has 3 amide bonds. The van der Waals surface area contributed by atoms with E-state index in [2.05, 4.69) is 77.0 Å². The Balaban J connectivity index is 0.735. The summed E-state index contributed by atoms with van der Waals surface area (Å²) in [6.07, 6.45) is 8.33. The van der Waals surface area contributed by atoms with Crippen LogP contribution in [0.4, 0.5) is 5.69 Å². The van der Waals surface area contributed by atoms with E-state index in [0.717, 1.165) is 82.6 Å². The molecule has 15 heteroatoms. The minimum Gasteiger partial charge on any atom is -0.491 e. The zero-order valence-electron chi connectivity index (χ0n) is 42.2. The summed E-state index contributed by atoms with van der Waals surface area (Å²) in [5.41, 5.74) is 2.42. The fourth-order valence-electron chi connectivity index (χ4n) is 11.5. The summed E-state index contributed by atoms with van der Waals surface area (Å²) < 4.78 is 23.8. The summed E-state index contributed by atoms with van der Waals surface area (Å²) in [6, 6.07) is 22.2. The van der Waals surface area contributed by atoms with Crippen LogP contribution in [0.5, 0.6) is 11.5 Å². The second kappa shape index (κ2) is 24.5. The van der Waals surface area contributed by atoms with E-state index in [4.69, 9.17) is 30.5 Å². The molecule has 2 saturated heterocycles. The molecule has 4 N–H and O–H groups in total. The molecule has 14 nitrogen and oxygen atoms in total. The number of amides is 3. The van der Waals surface area contributed by atoms with Crippen molar-refractivity contribution in [3.05, 3.63) is 88.4 Å². The first-order chi connectivity index (χ1) is 33.7. The summed E-state index contributed by atoms with van der Waals surface area (Å²) in [5, 5.41) is 22.4. The van der Waals surface area contributed by atoms with Gasteiger partial charge in [0.05, 0.1) is 43.1 Å². The second-order valence-electron chi connectivity index (χ2n) is 20.9. The topological polar surface area (TPSA) is 167 Å². The Kier molecular flexibility index (Phi) is 18.5. The highest BCUT2D eigenvalue weighted by atomic mass is 35.5. The summed E-state index contributed by atoms with van der Waals surface area (Å²) in [6.45, 7) is 16.8. The van der Waals surface area contributed by atoms with E-state index < -0.39 is 6.04 Å². The first kappa shape index (κ1) is 52.9. The lowest BCUT2D eigenvalue weighted by Crippen LogP contribution is -2.74. The molecule has 2 aliphatic heterocycles. The van der Waals surface area contributed by atoms with E-state index in [0.29, 0.717) is 67.4 Å². The van der Waals surface area contributed by atoms with Crippen molar-refractivity contribution in [2.45, 2.75) is 116 Å². The van der Waals surface area contributed by atoms with Gasteiger partial charge in [0.2, 0.25) is 11.8 Å². The van der Waals surface area contributed by atoms with E-state index in [9.17, 15) is 19.6 Å². The van der Waals surface area contributed by atoms with Crippen LogP contribution >= 0.6 is 11.6 Å². The van der Waals surface area contributed by atoms with Gasteiger partial charge >= 0.3 is 0 Å². The molecule has 0 spiro atoms. The Bertz CT molecular complexity index is 2230. The van der Waals surface area contributed by atoms with Crippen molar-refractivity contribution in [1.29, 1.82) is 5.26 Å². The predicted octanol–water partition coefficient (Wildman–Crippen LogP) is 7.49. The lowest BCUT2D eigenvalue weighted by atomic mass is 9.49. The van der Waals surface area contributed by atoms with Gasteiger partial charge in [-0.2, -0.15) is 5.26 Å². The minimum atomic E-state index is -0.441. The zero-order chi connectivity index (χ0) is 49.8. The molecule has 4 aliphatic rings. The van der Waals surface area contributed by atoms with Crippen LogP contribution in [0, 0.1) is 34.0 Å². The maximum atomic E-state index is 14.2. The lowest BCUT2D eigenvalue weighted by molar-refractivity contribution is -0.164.